The molecule has 0 radical (unpaired) electrons. The number of nitrogens with one attached hydrogen (secondary N) is 2. The van der Waals surface area contributed by atoms with E-state index in [9.17, 15) is 22.4 Å². The van der Waals surface area contributed by atoms with Crippen LogP contribution in [0, 0.1) is 5.82 Å². The van der Waals surface area contributed by atoms with Gasteiger partial charge in [-0.05, 0) is 24.3 Å². The zero-order valence-corrected chi connectivity index (χ0v) is 13.1. The van der Waals surface area contributed by atoms with Crippen molar-refractivity contribution in [1.82, 2.24) is 0 Å². The first-order valence-corrected chi connectivity index (χ1v) is 7.00. The second-order valence-corrected chi connectivity index (χ2v) is 4.90. The van der Waals surface area contributed by atoms with E-state index in [0.29, 0.717) is 5.56 Å². The molecule has 0 aliphatic heterocycles. The summed E-state index contributed by atoms with van der Waals surface area (Å²) in [5.74, 6) is -0.677. The van der Waals surface area contributed by atoms with E-state index in [-0.39, 0.29) is 17.1 Å². The second kappa shape index (κ2) is 7.25. The Balaban J connectivity index is 2.28. The number of halogens is 4. The Morgan fingerprint density at radius 3 is 2.52 bits per heavy atom. The van der Waals surface area contributed by atoms with Crippen molar-refractivity contribution in [3.05, 3.63) is 59.9 Å². The molecule has 0 unspecified atom stereocenters. The Morgan fingerprint density at radius 2 is 1.92 bits per heavy atom. The number of rotatable bonds is 4. The summed E-state index contributed by atoms with van der Waals surface area (Å²) in [5, 5.41) is 4.48. The molecule has 0 fully saturated rings. The molecule has 2 aromatic carbocycles. The quantitative estimate of drug-likeness (QED) is 0.747. The molecular weight excluding hydrogens is 340 g/mol. The largest absolute Gasteiger partial charge is 0.495 e. The number of alkyl halides is 3. The smallest absolute Gasteiger partial charge is 0.416 e. The normalized spacial score (nSPS) is 10.9. The molecule has 0 saturated carbocycles. The number of hydrogen-bond acceptors (Lipinski definition) is 2. The van der Waals surface area contributed by atoms with Crippen LogP contribution in [-0.4, -0.2) is 13.1 Å². The molecule has 2 amide bonds. The maximum atomic E-state index is 13.8. The third kappa shape index (κ3) is 4.28. The molecule has 0 saturated heterocycles. The molecule has 0 spiro atoms. The minimum absolute atomic E-state index is 0.0284. The van der Waals surface area contributed by atoms with Crippen LogP contribution >= 0.6 is 0 Å². The average molecular weight is 354 g/mol. The Labute approximate surface area is 141 Å². The van der Waals surface area contributed by atoms with Gasteiger partial charge in [0, 0.05) is 5.56 Å². The fourth-order valence-corrected chi connectivity index (χ4v) is 2.09. The summed E-state index contributed by atoms with van der Waals surface area (Å²) in [6.45, 7) is 3.51. The molecule has 0 atom stereocenters. The average Bonchev–Trinajstić information content (AvgIpc) is 2.55. The monoisotopic (exact) mass is 354 g/mol. The third-order valence-electron chi connectivity index (χ3n) is 3.28. The predicted octanol–water partition coefficient (Wildman–Crippen LogP) is 5.14. The summed E-state index contributed by atoms with van der Waals surface area (Å²) in [6.07, 6.45) is -3.25. The first kappa shape index (κ1) is 18.3. The van der Waals surface area contributed by atoms with Crippen molar-refractivity contribution in [3.8, 4) is 5.75 Å². The SMILES string of the molecule is C=Cc1cccc(F)c1NC(=O)Nc1cc(C(F)(F)F)ccc1OC. The molecule has 8 heteroatoms. The van der Waals surface area contributed by atoms with Gasteiger partial charge >= 0.3 is 12.2 Å². The molecule has 0 heterocycles. The molecule has 25 heavy (non-hydrogen) atoms. The van der Waals surface area contributed by atoms with Gasteiger partial charge in [0.05, 0.1) is 24.0 Å². The van der Waals surface area contributed by atoms with Crippen molar-refractivity contribution >= 4 is 23.5 Å². The van der Waals surface area contributed by atoms with Crippen molar-refractivity contribution in [1.29, 1.82) is 0 Å². The van der Waals surface area contributed by atoms with Gasteiger partial charge in [-0.1, -0.05) is 24.8 Å². The van der Waals surface area contributed by atoms with Crippen LogP contribution in [0.3, 0.4) is 0 Å². The number of amides is 2. The zero-order chi connectivity index (χ0) is 18.6. The topological polar surface area (TPSA) is 50.4 Å². The lowest BCUT2D eigenvalue weighted by Crippen LogP contribution is -2.21. The van der Waals surface area contributed by atoms with E-state index in [2.05, 4.69) is 17.2 Å². The van der Waals surface area contributed by atoms with E-state index in [0.717, 1.165) is 24.3 Å². The number of anilines is 2. The van der Waals surface area contributed by atoms with Crippen LogP contribution < -0.4 is 15.4 Å². The number of urea groups is 1. The minimum atomic E-state index is -4.58. The standard InChI is InChI=1S/C17H14F4N2O2/c1-3-10-5-4-6-12(18)15(10)23-16(24)22-13-9-11(17(19,20)21)7-8-14(13)25-2/h3-9H,1H2,2H3,(H2,22,23,24). The lowest BCUT2D eigenvalue weighted by Gasteiger charge is -2.15. The maximum absolute atomic E-state index is 13.8. The first-order chi connectivity index (χ1) is 11.8. The highest BCUT2D eigenvalue weighted by atomic mass is 19.4. The molecule has 0 bridgehead atoms. The third-order valence-corrected chi connectivity index (χ3v) is 3.28. The molecule has 0 aliphatic rings. The number of benzene rings is 2. The summed E-state index contributed by atoms with van der Waals surface area (Å²) in [6, 6.07) is 5.81. The van der Waals surface area contributed by atoms with Crippen LogP contribution in [0.1, 0.15) is 11.1 Å². The number of carbonyl (C=O) groups excluding carboxylic acids is 1. The van der Waals surface area contributed by atoms with Gasteiger partial charge in [-0.2, -0.15) is 13.2 Å². The number of methoxy groups -OCH3 is 1. The molecule has 4 nitrogen and oxygen atoms in total. The van der Waals surface area contributed by atoms with E-state index >= 15 is 0 Å². The van der Waals surface area contributed by atoms with Gasteiger partial charge < -0.3 is 15.4 Å². The van der Waals surface area contributed by atoms with E-state index in [1.807, 2.05) is 0 Å². The maximum Gasteiger partial charge on any atom is 0.416 e. The van der Waals surface area contributed by atoms with Gasteiger partial charge in [0.15, 0.2) is 0 Å². The zero-order valence-electron chi connectivity index (χ0n) is 13.1. The van der Waals surface area contributed by atoms with E-state index < -0.39 is 23.6 Å². The first-order valence-electron chi connectivity index (χ1n) is 7.00. The van der Waals surface area contributed by atoms with Crippen molar-refractivity contribution in [3.63, 3.8) is 0 Å². The fourth-order valence-electron chi connectivity index (χ4n) is 2.09. The Bertz CT molecular complexity index is 804. The van der Waals surface area contributed by atoms with Gasteiger partial charge in [-0.25, -0.2) is 9.18 Å². The van der Waals surface area contributed by atoms with E-state index in [1.54, 1.807) is 0 Å². The van der Waals surface area contributed by atoms with Crippen LogP contribution in [0.2, 0.25) is 0 Å². The number of hydrogen-bond donors (Lipinski definition) is 2. The molecule has 2 rings (SSSR count). The number of carbonyl (C=O) groups is 1. The highest BCUT2D eigenvalue weighted by molar-refractivity contribution is 6.02. The summed E-state index contributed by atoms with van der Waals surface area (Å²) in [5.41, 5.74) is -0.973. The van der Waals surface area contributed by atoms with Crippen LogP contribution in [0.25, 0.3) is 6.08 Å². The summed E-state index contributed by atoms with van der Waals surface area (Å²) < 4.78 is 57.2. The predicted molar refractivity (Wildman–Crippen MR) is 87.1 cm³/mol. The van der Waals surface area contributed by atoms with Gasteiger partial charge in [-0.3, -0.25) is 0 Å². The minimum Gasteiger partial charge on any atom is -0.495 e. The van der Waals surface area contributed by atoms with Crippen LogP contribution in [0.4, 0.5) is 33.7 Å². The molecule has 132 valence electrons. The summed E-state index contributed by atoms with van der Waals surface area (Å²) in [4.78, 5) is 12.1. The van der Waals surface area contributed by atoms with Crippen molar-refractivity contribution in [2.75, 3.05) is 17.7 Å². The fraction of sp³-hybridized carbons (Fsp3) is 0.118. The Kier molecular flexibility index (Phi) is 5.31. The molecule has 2 aromatic rings. The van der Waals surface area contributed by atoms with Gasteiger partial charge in [0.1, 0.15) is 11.6 Å². The number of ether oxygens (including phenoxy) is 1. The van der Waals surface area contributed by atoms with E-state index in [4.69, 9.17) is 4.74 Å². The molecule has 0 aliphatic carbocycles. The Hall–Kier alpha value is -3.03. The second-order valence-electron chi connectivity index (χ2n) is 4.90. The van der Waals surface area contributed by atoms with Gasteiger partial charge in [-0.15, -0.1) is 0 Å². The lowest BCUT2D eigenvalue weighted by atomic mass is 10.1. The van der Waals surface area contributed by atoms with Crippen molar-refractivity contribution in [2.24, 2.45) is 0 Å². The molecule has 2 N–H and O–H groups in total. The van der Waals surface area contributed by atoms with Crippen molar-refractivity contribution in [2.45, 2.75) is 6.18 Å². The van der Waals surface area contributed by atoms with Crippen LogP contribution in [-0.2, 0) is 6.18 Å². The highest BCUT2D eigenvalue weighted by Crippen LogP contribution is 2.35. The highest BCUT2D eigenvalue weighted by Gasteiger charge is 2.31. The van der Waals surface area contributed by atoms with Crippen molar-refractivity contribution < 1.29 is 27.1 Å². The summed E-state index contributed by atoms with van der Waals surface area (Å²) >= 11 is 0. The van der Waals surface area contributed by atoms with Gasteiger partial charge in [0.25, 0.3) is 0 Å². The van der Waals surface area contributed by atoms with E-state index in [1.165, 1.54) is 25.3 Å². The summed E-state index contributed by atoms with van der Waals surface area (Å²) in [7, 11) is 1.25. The Morgan fingerprint density at radius 1 is 1.20 bits per heavy atom. The van der Waals surface area contributed by atoms with Crippen LogP contribution in [0.15, 0.2) is 43.0 Å². The molecular formula is C17H14F4N2O2. The molecule has 0 aromatic heterocycles. The number of para-hydroxylation sites is 1. The van der Waals surface area contributed by atoms with Crippen LogP contribution in [0.5, 0.6) is 5.75 Å². The van der Waals surface area contributed by atoms with Gasteiger partial charge in [0.2, 0.25) is 0 Å². The lowest BCUT2D eigenvalue weighted by molar-refractivity contribution is -0.137.